The first-order chi connectivity index (χ1) is 8.06. The minimum Gasteiger partial charge on any atom is -0.464 e. The molecular formula is C10H11NO6. The van der Waals surface area contributed by atoms with Gasteiger partial charge in [-0.3, -0.25) is 0 Å². The molecule has 1 unspecified atom stereocenters. The quantitative estimate of drug-likeness (QED) is 0.676. The zero-order chi connectivity index (χ0) is 12.4. The molecule has 17 heavy (non-hydrogen) atoms. The number of esters is 2. The Kier molecular flexibility index (Phi) is 2.99. The van der Waals surface area contributed by atoms with Crippen LogP contribution in [0.2, 0.25) is 0 Å². The maximum absolute atomic E-state index is 11.4. The third-order valence-electron chi connectivity index (χ3n) is 2.38. The fourth-order valence-corrected chi connectivity index (χ4v) is 1.47. The van der Waals surface area contributed by atoms with E-state index in [1.54, 1.807) is 6.92 Å². The fraction of sp³-hybridized carbons (Fsp3) is 0.500. The topological polar surface area (TPSA) is 90.9 Å². The molecule has 0 bridgehead atoms. The molecule has 0 aromatic rings. The minimum absolute atomic E-state index is 0.279. The van der Waals surface area contributed by atoms with Crippen LogP contribution in [0.25, 0.3) is 0 Å². The fourth-order valence-electron chi connectivity index (χ4n) is 1.47. The van der Waals surface area contributed by atoms with Crippen molar-refractivity contribution in [2.75, 3.05) is 6.61 Å². The number of hydrogen-bond donors (Lipinski definition) is 1. The van der Waals surface area contributed by atoms with E-state index < -0.39 is 30.4 Å². The third-order valence-corrected chi connectivity index (χ3v) is 2.38. The standard InChI is InChI=1S/C10H11NO6/c1-5-4-7(16-8(5)12)17-10(14)11-6-2-3-15-9(6)13/h4,6-7H,2-3H2,1H3,(H,11,14)/t6-,7?/m0/s1. The van der Waals surface area contributed by atoms with Crippen LogP contribution in [0.4, 0.5) is 4.79 Å². The Balaban J connectivity index is 1.82. The van der Waals surface area contributed by atoms with E-state index in [0.717, 1.165) is 0 Å². The number of alkyl carbamates (subject to hydrolysis) is 1. The number of carbonyl (C=O) groups is 3. The monoisotopic (exact) mass is 241 g/mol. The van der Waals surface area contributed by atoms with Crippen molar-refractivity contribution < 1.29 is 28.6 Å². The van der Waals surface area contributed by atoms with Gasteiger partial charge in [-0.1, -0.05) is 0 Å². The largest absolute Gasteiger partial charge is 0.464 e. The second-order valence-electron chi connectivity index (χ2n) is 3.68. The van der Waals surface area contributed by atoms with Gasteiger partial charge in [0.1, 0.15) is 6.04 Å². The molecule has 2 aliphatic heterocycles. The van der Waals surface area contributed by atoms with Crippen molar-refractivity contribution in [3.05, 3.63) is 11.6 Å². The highest BCUT2D eigenvalue weighted by molar-refractivity contribution is 5.90. The molecule has 0 aromatic carbocycles. The summed E-state index contributed by atoms with van der Waals surface area (Å²) in [4.78, 5) is 33.4. The lowest BCUT2D eigenvalue weighted by Gasteiger charge is -2.12. The lowest BCUT2D eigenvalue weighted by Crippen LogP contribution is -2.39. The Morgan fingerprint density at radius 2 is 2.29 bits per heavy atom. The Bertz CT molecular complexity index is 402. The van der Waals surface area contributed by atoms with Crippen LogP contribution in [0.1, 0.15) is 13.3 Å². The van der Waals surface area contributed by atoms with Gasteiger partial charge >= 0.3 is 18.0 Å². The highest BCUT2D eigenvalue weighted by Gasteiger charge is 2.31. The van der Waals surface area contributed by atoms with E-state index in [4.69, 9.17) is 9.47 Å². The number of carbonyl (C=O) groups excluding carboxylic acids is 3. The molecule has 7 nitrogen and oxygen atoms in total. The number of rotatable bonds is 2. The SMILES string of the molecule is CC1=CC(OC(=O)N[C@H]2CCOC2=O)OC1=O. The van der Waals surface area contributed by atoms with Crippen molar-refractivity contribution in [1.29, 1.82) is 0 Å². The summed E-state index contributed by atoms with van der Waals surface area (Å²) in [7, 11) is 0. The van der Waals surface area contributed by atoms with Gasteiger partial charge in [-0.05, 0) is 6.92 Å². The summed E-state index contributed by atoms with van der Waals surface area (Å²) in [5, 5.41) is 2.33. The zero-order valence-corrected chi connectivity index (χ0v) is 9.10. The third kappa shape index (κ3) is 2.55. The van der Waals surface area contributed by atoms with Gasteiger partial charge in [0.05, 0.1) is 6.61 Å². The van der Waals surface area contributed by atoms with E-state index in [-0.39, 0.29) is 6.61 Å². The van der Waals surface area contributed by atoms with Crippen LogP contribution in [0.5, 0.6) is 0 Å². The van der Waals surface area contributed by atoms with Crippen LogP contribution in [-0.4, -0.2) is 37.0 Å². The van der Waals surface area contributed by atoms with E-state index in [9.17, 15) is 14.4 Å². The van der Waals surface area contributed by atoms with Crippen LogP contribution in [-0.2, 0) is 23.8 Å². The van der Waals surface area contributed by atoms with E-state index in [1.165, 1.54) is 6.08 Å². The van der Waals surface area contributed by atoms with Gasteiger partial charge in [-0.15, -0.1) is 0 Å². The molecule has 2 rings (SSSR count). The second kappa shape index (κ2) is 4.44. The number of amides is 1. The van der Waals surface area contributed by atoms with E-state index in [2.05, 4.69) is 10.1 Å². The van der Waals surface area contributed by atoms with Gasteiger partial charge in [-0.2, -0.15) is 0 Å². The molecule has 0 radical (unpaired) electrons. The van der Waals surface area contributed by atoms with E-state index >= 15 is 0 Å². The predicted octanol–water partition coefficient (Wildman–Crippen LogP) is -0.143. The smallest absolute Gasteiger partial charge is 0.411 e. The number of hydrogen-bond acceptors (Lipinski definition) is 6. The lowest BCUT2D eigenvalue weighted by molar-refractivity contribution is -0.151. The van der Waals surface area contributed by atoms with Gasteiger partial charge < -0.3 is 19.5 Å². The Morgan fingerprint density at radius 1 is 1.53 bits per heavy atom. The molecule has 0 saturated carbocycles. The molecule has 0 aliphatic carbocycles. The molecule has 7 heteroatoms. The van der Waals surface area contributed by atoms with Crippen molar-refractivity contribution in [1.82, 2.24) is 5.32 Å². The average molecular weight is 241 g/mol. The molecule has 92 valence electrons. The molecule has 1 fully saturated rings. The minimum atomic E-state index is -1.03. The maximum atomic E-state index is 11.4. The van der Waals surface area contributed by atoms with Gasteiger partial charge in [0.15, 0.2) is 0 Å². The molecule has 0 spiro atoms. The normalized spacial score (nSPS) is 27.2. The molecule has 1 amide bonds. The van der Waals surface area contributed by atoms with Crippen molar-refractivity contribution in [2.24, 2.45) is 0 Å². The summed E-state index contributed by atoms with van der Waals surface area (Å²) in [6.07, 6.45) is -0.0557. The van der Waals surface area contributed by atoms with Gasteiger partial charge in [0, 0.05) is 18.1 Å². The molecule has 1 saturated heterocycles. The van der Waals surface area contributed by atoms with Gasteiger partial charge in [0.2, 0.25) is 0 Å². The predicted molar refractivity (Wildman–Crippen MR) is 52.6 cm³/mol. The van der Waals surface area contributed by atoms with E-state index in [1.807, 2.05) is 0 Å². The number of cyclic esters (lactones) is 2. The van der Waals surface area contributed by atoms with Crippen molar-refractivity contribution in [3.63, 3.8) is 0 Å². The summed E-state index contributed by atoms with van der Waals surface area (Å²) in [6.45, 7) is 1.83. The van der Waals surface area contributed by atoms with Crippen LogP contribution in [0.3, 0.4) is 0 Å². The summed E-state index contributed by atoms with van der Waals surface area (Å²) in [5.41, 5.74) is 0.378. The van der Waals surface area contributed by atoms with Crippen molar-refractivity contribution in [2.45, 2.75) is 25.7 Å². The molecule has 2 heterocycles. The van der Waals surface area contributed by atoms with Gasteiger partial charge in [0.25, 0.3) is 6.29 Å². The molecule has 2 aliphatic rings. The summed E-state index contributed by atoms with van der Waals surface area (Å²) in [6, 6.07) is -0.690. The Hall–Kier alpha value is -2.05. The summed E-state index contributed by atoms with van der Waals surface area (Å²) in [5.74, 6) is -1.01. The molecule has 2 atom stereocenters. The number of nitrogens with one attached hydrogen (secondary N) is 1. The van der Waals surface area contributed by atoms with Crippen LogP contribution in [0.15, 0.2) is 11.6 Å². The summed E-state index contributed by atoms with van der Waals surface area (Å²) < 4.78 is 14.2. The van der Waals surface area contributed by atoms with Gasteiger partial charge in [-0.25, -0.2) is 14.4 Å². The molecular weight excluding hydrogens is 230 g/mol. The number of ether oxygens (including phenoxy) is 3. The first-order valence-corrected chi connectivity index (χ1v) is 5.09. The van der Waals surface area contributed by atoms with Crippen LogP contribution in [0, 0.1) is 0 Å². The maximum Gasteiger partial charge on any atom is 0.411 e. The van der Waals surface area contributed by atoms with Crippen LogP contribution >= 0.6 is 0 Å². The van der Waals surface area contributed by atoms with Crippen molar-refractivity contribution >= 4 is 18.0 Å². The summed E-state index contributed by atoms with van der Waals surface area (Å²) >= 11 is 0. The highest BCUT2D eigenvalue weighted by atomic mass is 16.7. The Morgan fingerprint density at radius 3 is 2.82 bits per heavy atom. The average Bonchev–Trinajstić information content (AvgIpc) is 2.76. The first-order valence-electron chi connectivity index (χ1n) is 5.09. The van der Waals surface area contributed by atoms with Crippen molar-refractivity contribution in [3.8, 4) is 0 Å². The lowest BCUT2D eigenvalue weighted by atomic mass is 10.2. The highest BCUT2D eigenvalue weighted by Crippen LogP contribution is 2.14. The zero-order valence-electron chi connectivity index (χ0n) is 9.10. The Labute approximate surface area is 96.7 Å². The van der Waals surface area contributed by atoms with Crippen LogP contribution < -0.4 is 5.32 Å². The molecule has 1 N–H and O–H groups in total. The first kappa shape index (κ1) is 11.4. The molecule has 0 aromatic heterocycles. The van der Waals surface area contributed by atoms with E-state index in [0.29, 0.717) is 12.0 Å². The second-order valence-corrected chi connectivity index (χ2v) is 3.68.